The van der Waals surface area contributed by atoms with Gasteiger partial charge in [-0.15, -0.1) is 0 Å². The van der Waals surface area contributed by atoms with E-state index in [-0.39, 0.29) is 11.8 Å². The fourth-order valence-corrected chi connectivity index (χ4v) is 5.32. The van der Waals surface area contributed by atoms with Crippen LogP contribution >= 0.6 is 11.6 Å². The van der Waals surface area contributed by atoms with Crippen molar-refractivity contribution in [3.05, 3.63) is 88.9 Å². The van der Waals surface area contributed by atoms with E-state index < -0.39 is 0 Å². The van der Waals surface area contributed by atoms with Crippen molar-refractivity contribution in [3.8, 4) is 0 Å². The number of likely N-dealkylation sites (N-methyl/N-ethyl adjacent to an activating group) is 2. The Balaban J connectivity index is 1.28. The molecule has 1 fully saturated rings. The van der Waals surface area contributed by atoms with Crippen LogP contribution < -0.4 is 15.5 Å². The number of benzene rings is 3. The van der Waals surface area contributed by atoms with Crippen LogP contribution in [0.25, 0.3) is 11.3 Å². The highest BCUT2D eigenvalue weighted by Crippen LogP contribution is 2.38. The van der Waals surface area contributed by atoms with Gasteiger partial charge in [0.1, 0.15) is 0 Å². The van der Waals surface area contributed by atoms with Crippen LogP contribution in [0.5, 0.6) is 0 Å². The second kappa shape index (κ2) is 12.9. The van der Waals surface area contributed by atoms with E-state index in [9.17, 15) is 9.59 Å². The van der Waals surface area contributed by atoms with Gasteiger partial charge in [0.25, 0.3) is 5.91 Å². The first-order chi connectivity index (χ1) is 19.8. The molecule has 0 atom stereocenters. The molecule has 2 heterocycles. The molecule has 0 spiro atoms. The van der Waals surface area contributed by atoms with Crippen LogP contribution in [-0.2, 0) is 9.59 Å². The van der Waals surface area contributed by atoms with Crippen LogP contribution in [0, 0.1) is 0 Å². The average Bonchev–Trinajstić information content (AvgIpc) is 3.30. The van der Waals surface area contributed by atoms with E-state index in [4.69, 9.17) is 11.6 Å². The van der Waals surface area contributed by atoms with Crippen molar-refractivity contribution in [2.75, 3.05) is 82.5 Å². The molecule has 3 aromatic carbocycles. The molecular formula is C32H37ClN6O2. The normalized spacial score (nSPS) is 16.9. The van der Waals surface area contributed by atoms with E-state index >= 15 is 0 Å². The van der Waals surface area contributed by atoms with Gasteiger partial charge in [0, 0.05) is 68.3 Å². The third-order valence-electron chi connectivity index (χ3n) is 7.62. The lowest BCUT2D eigenvalue weighted by molar-refractivity contribution is -0.119. The molecule has 8 nitrogen and oxygen atoms in total. The number of fused-ring (bicyclic) bond motifs is 1. The highest BCUT2D eigenvalue weighted by molar-refractivity contribution is 6.38. The number of nitrogens with zero attached hydrogens (tertiary/aromatic N) is 4. The molecular weight excluding hydrogens is 536 g/mol. The number of carbonyl (C=O) groups is 2. The van der Waals surface area contributed by atoms with Gasteiger partial charge in [0.05, 0.1) is 23.5 Å². The Hall–Kier alpha value is -3.69. The summed E-state index contributed by atoms with van der Waals surface area (Å²) in [4.78, 5) is 34.8. The molecule has 0 bridgehead atoms. The maximum atomic E-state index is 13.1. The van der Waals surface area contributed by atoms with Crippen molar-refractivity contribution in [2.24, 2.45) is 0 Å². The first-order valence-corrected chi connectivity index (χ1v) is 14.3. The number of amides is 2. The SMILES string of the molecule is CN(C)CCN1CCN(CC(=O)N(C)c2ccc(NC(=C3C(=O)Nc4cc(Cl)ccc43)c3ccccc3)cc2)CC1. The molecule has 0 saturated carbocycles. The number of hydrogen-bond acceptors (Lipinski definition) is 6. The molecule has 214 valence electrons. The van der Waals surface area contributed by atoms with Gasteiger partial charge in [0.15, 0.2) is 0 Å². The van der Waals surface area contributed by atoms with Crippen molar-refractivity contribution < 1.29 is 9.59 Å². The van der Waals surface area contributed by atoms with Crippen LogP contribution in [0.3, 0.4) is 0 Å². The summed E-state index contributed by atoms with van der Waals surface area (Å²) in [5.74, 6) is -0.119. The van der Waals surface area contributed by atoms with Crippen LogP contribution in [-0.4, -0.2) is 93.5 Å². The van der Waals surface area contributed by atoms with E-state index in [0.717, 1.165) is 61.8 Å². The van der Waals surface area contributed by atoms with E-state index in [1.165, 1.54) is 0 Å². The highest BCUT2D eigenvalue weighted by Gasteiger charge is 2.29. The quantitative estimate of drug-likeness (QED) is 0.370. The third kappa shape index (κ3) is 6.97. The predicted octanol–water partition coefficient (Wildman–Crippen LogP) is 4.41. The lowest BCUT2D eigenvalue weighted by Crippen LogP contribution is -2.50. The van der Waals surface area contributed by atoms with Crippen molar-refractivity contribution in [1.29, 1.82) is 0 Å². The number of halogens is 1. The molecule has 5 rings (SSSR count). The first-order valence-electron chi connectivity index (χ1n) is 13.9. The topological polar surface area (TPSA) is 71.2 Å². The van der Waals surface area contributed by atoms with Gasteiger partial charge in [-0.1, -0.05) is 48.0 Å². The summed E-state index contributed by atoms with van der Waals surface area (Å²) in [6.07, 6.45) is 0. The Bertz CT molecular complexity index is 1420. The average molecular weight is 573 g/mol. The smallest absolute Gasteiger partial charge is 0.258 e. The fourth-order valence-electron chi connectivity index (χ4n) is 5.14. The largest absolute Gasteiger partial charge is 0.354 e. The van der Waals surface area contributed by atoms with Crippen LogP contribution in [0.1, 0.15) is 11.1 Å². The van der Waals surface area contributed by atoms with Gasteiger partial charge >= 0.3 is 0 Å². The molecule has 2 aliphatic rings. The lowest BCUT2D eigenvalue weighted by Gasteiger charge is -2.35. The minimum absolute atomic E-state index is 0.0671. The summed E-state index contributed by atoms with van der Waals surface area (Å²) in [6, 6.07) is 22.9. The number of hydrogen-bond donors (Lipinski definition) is 2. The zero-order valence-electron chi connectivity index (χ0n) is 23.9. The van der Waals surface area contributed by atoms with Gasteiger partial charge in [0.2, 0.25) is 5.91 Å². The second-order valence-electron chi connectivity index (χ2n) is 10.8. The van der Waals surface area contributed by atoms with Crippen LogP contribution in [0.4, 0.5) is 17.1 Å². The van der Waals surface area contributed by atoms with Gasteiger partial charge in [-0.05, 0) is 56.1 Å². The third-order valence-corrected chi connectivity index (χ3v) is 7.86. The molecule has 0 radical (unpaired) electrons. The van der Waals surface area contributed by atoms with Crippen LogP contribution in [0.2, 0.25) is 5.02 Å². The standard InChI is InChI=1S/C32H37ClN6O2/c1-36(2)15-16-38-17-19-39(20-18-38)22-29(40)37(3)26-12-10-25(11-13-26)34-31(23-7-5-4-6-8-23)30-27-14-9-24(33)21-28(27)35-32(30)41/h4-14,21,34H,15-20,22H2,1-3H3,(H,35,41). The fraction of sp³-hybridized carbons (Fsp3) is 0.312. The lowest BCUT2D eigenvalue weighted by atomic mass is 10.00. The Labute approximate surface area is 247 Å². The number of anilines is 3. The molecule has 0 unspecified atom stereocenters. The molecule has 3 aromatic rings. The van der Waals surface area contributed by atoms with Gasteiger partial charge in [-0.2, -0.15) is 0 Å². The molecule has 0 aromatic heterocycles. The van der Waals surface area contributed by atoms with Crippen LogP contribution in [0.15, 0.2) is 72.8 Å². The van der Waals surface area contributed by atoms with E-state index in [1.807, 2.05) is 67.7 Å². The minimum Gasteiger partial charge on any atom is -0.354 e. The van der Waals surface area contributed by atoms with Gasteiger partial charge in [-0.25, -0.2) is 0 Å². The molecule has 2 aliphatic heterocycles. The van der Waals surface area contributed by atoms with E-state index in [2.05, 4.69) is 39.4 Å². The van der Waals surface area contributed by atoms with Gasteiger partial charge in [-0.3, -0.25) is 19.4 Å². The summed E-state index contributed by atoms with van der Waals surface area (Å²) in [6.45, 7) is 6.28. The molecule has 0 aliphatic carbocycles. The van der Waals surface area contributed by atoms with E-state index in [0.29, 0.717) is 28.5 Å². The maximum Gasteiger partial charge on any atom is 0.258 e. The Morgan fingerprint density at radius 3 is 2.29 bits per heavy atom. The highest BCUT2D eigenvalue weighted by atomic mass is 35.5. The predicted molar refractivity (Wildman–Crippen MR) is 168 cm³/mol. The van der Waals surface area contributed by atoms with Crippen molar-refractivity contribution in [3.63, 3.8) is 0 Å². The Kier molecular flexibility index (Phi) is 9.05. The summed E-state index contributed by atoms with van der Waals surface area (Å²) in [5, 5.41) is 6.97. The molecule has 1 saturated heterocycles. The van der Waals surface area contributed by atoms with Crippen molar-refractivity contribution in [2.45, 2.75) is 0 Å². The summed E-state index contributed by atoms with van der Waals surface area (Å²) in [7, 11) is 6.01. The molecule has 9 heteroatoms. The van der Waals surface area contributed by atoms with Crippen molar-refractivity contribution in [1.82, 2.24) is 14.7 Å². The summed E-state index contributed by atoms with van der Waals surface area (Å²) < 4.78 is 0. The summed E-state index contributed by atoms with van der Waals surface area (Å²) >= 11 is 6.17. The monoisotopic (exact) mass is 572 g/mol. The zero-order valence-corrected chi connectivity index (χ0v) is 24.6. The number of nitrogens with one attached hydrogen (secondary N) is 2. The number of rotatable bonds is 9. The molecule has 2 amide bonds. The maximum absolute atomic E-state index is 13.1. The number of piperazine rings is 1. The van der Waals surface area contributed by atoms with Crippen molar-refractivity contribution >= 4 is 51.7 Å². The summed E-state index contributed by atoms with van der Waals surface area (Å²) in [5.41, 5.74) is 5.26. The molecule has 2 N–H and O–H groups in total. The number of carbonyl (C=O) groups excluding carboxylic acids is 2. The van der Waals surface area contributed by atoms with Gasteiger partial charge < -0.3 is 20.4 Å². The minimum atomic E-state index is -0.186. The van der Waals surface area contributed by atoms with E-state index in [1.54, 1.807) is 17.0 Å². The first kappa shape index (κ1) is 28.8. The Morgan fingerprint density at radius 2 is 1.61 bits per heavy atom. The Morgan fingerprint density at radius 1 is 0.927 bits per heavy atom. The molecule has 41 heavy (non-hydrogen) atoms. The second-order valence-corrected chi connectivity index (χ2v) is 11.2. The zero-order chi connectivity index (χ0) is 28.9.